The quantitative estimate of drug-likeness (QED) is 0.821. The maximum absolute atomic E-state index is 12.4. The SMILES string of the molecule is CC(CN)CNC(=O)C1CCCN1C(=O)Cc1ccccc1. The first-order valence-corrected chi connectivity index (χ1v) is 7.93. The number of nitrogens with one attached hydrogen (secondary N) is 1. The van der Waals surface area contributed by atoms with Gasteiger partial charge in [0.15, 0.2) is 0 Å². The molecule has 1 fully saturated rings. The molecule has 1 heterocycles. The van der Waals surface area contributed by atoms with Crippen molar-refractivity contribution in [2.24, 2.45) is 11.7 Å². The number of carbonyl (C=O) groups is 2. The molecule has 22 heavy (non-hydrogen) atoms. The molecule has 2 amide bonds. The van der Waals surface area contributed by atoms with Crippen molar-refractivity contribution in [3.05, 3.63) is 35.9 Å². The third-order valence-corrected chi connectivity index (χ3v) is 4.10. The zero-order valence-corrected chi connectivity index (χ0v) is 13.1. The van der Waals surface area contributed by atoms with Gasteiger partial charge in [0.05, 0.1) is 6.42 Å². The lowest BCUT2D eigenvalue weighted by molar-refractivity contribution is -0.138. The fraction of sp³-hybridized carbons (Fsp3) is 0.529. The normalized spacial score (nSPS) is 19.0. The average Bonchev–Trinajstić information content (AvgIpc) is 3.03. The molecule has 0 radical (unpaired) electrons. The number of benzene rings is 1. The van der Waals surface area contributed by atoms with Crippen LogP contribution in [0.4, 0.5) is 0 Å². The Labute approximate surface area is 131 Å². The first-order valence-electron chi connectivity index (χ1n) is 7.93. The van der Waals surface area contributed by atoms with E-state index in [4.69, 9.17) is 5.73 Å². The molecule has 2 atom stereocenters. The second-order valence-corrected chi connectivity index (χ2v) is 5.99. The highest BCUT2D eigenvalue weighted by atomic mass is 16.2. The number of nitrogens with zero attached hydrogens (tertiary/aromatic N) is 1. The molecule has 5 nitrogen and oxygen atoms in total. The van der Waals surface area contributed by atoms with Crippen LogP contribution in [0.15, 0.2) is 30.3 Å². The van der Waals surface area contributed by atoms with Gasteiger partial charge >= 0.3 is 0 Å². The minimum atomic E-state index is -0.332. The van der Waals surface area contributed by atoms with Gasteiger partial charge in [0.1, 0.15) is 6.04 Å². The van der Waals surface area contributed by atoms with E-state index in [9.17, 15) is 9.59 Å². The van der Waals surface area contributed by atoms with Gasteiger partial charge in [-0.1, -0.05) is 37.3 Å². The summed E-state index contributed by atoms with van der Waals surface area (Å²) in [4.78, 5) is 26.5. The maximum atomic E-state index is 12.4. The largest absolute Gasteiger partial charge is 0.354 e. The summed E-state index contributed by atoms with van der Waals surface area (Å²) in [7, 11) is 0. The van der Waals surface area contributed by atoms with Gasteiger partial charge < -0.3 is 16.0 Å². The summed E-state index contributed by atoms with van der Waals surface area (Å²) in [5, 5.41) is 2.91. The molecule has 1 saturated heterocycles. The van der Waals surface area contributed by atoms with E-state index in [0.717, 1.165) is 18.4 Å². The maximum Gasteiger partial charge on any atom is 0.242 e. The molecular formula is C17H25N3O2. The molecule has 1 aromatic rings. The van der Waals surface area contributed by atoms with Gasteiger partial charge in [-0.25, -0.2) is 0 Å². The Morgan fingerprint density at radius 2 is 2.09 bits per heavy atom. The van der Waals surface area contributed by atoms with E-state index in [1.807, 2.05) is 37.3 Å². The van der Waals surface area contributed by atoms with E-state index in [0.29, 0.717) is 26.1 Å². The predicted molar refractivity (Wildman–Crippen MR) is 86.1 cm³/mol. The van der Waals surface area contributed by atoms with Crippen LogP contribution in [0, 0.1) is 5.92 Å². The van der Waals surface area contributed by atoms with Crippen LogP contribution in [0.5, 0.6) is 0 Å². The van der Waals surface area contributed by atoms with E-state index < -0.39 is 0 Å². The van der Waals surface area contributed by atoms with Crippen molar-refractivity contribution in [2.45, 2.75) is 32.2 Å². The molecule has 1 aromatic carbocycles. The first-order chi connectivity index (χ1) is 10.6. The second-order valence-electron chi connectivity index (χ2n) is 5.99. The Morgan fingerprint density at radius 3 is 2.77 bits per heavy atom. The monoisotopic (exact) mass is 303 g/mol. The molecule has 3 N–H and O–H groups in total. The number of amides is 2. The summed E-state index contributed by atoms with van der Waals surface area (Å²) in [6, 6.07) is 9.31. The molecule has 120 valence electrons. The van der Waals surface area contributed by atoms with Crippen molar-refractivity contribution < 1.29 is 9.59 Å². The van der Waals surface area contributed by atoms with Crippen molar-refractivity contribution in [2.75, 3.05) is 19.6 Å². The lowest BCUT2D eigenvalue weighted by Crippen LogP contribution is -2.47. The first kappa shape index (κ1) is 16.5. The van der Waals surface area contributed by atoms with Crippen LogP contribution in [0.25, 0.3) is 0 Å². The Hall–Kier alpha value is -1.88. The Morgan fingerprint density at radius 1 is 1.36 bits per heavy atom. The average molecular weight is 303 g/mol. The fourth-order valence-corrected chi connectivity index (χ4v) is 2.69. The molecule has 0 bridgehead atoms. The van der Waals surface area contributed by atoms with Gasteiger partial charge in [-0.05, 0) is 30.9 Å². The molecule has 0 aromatic heterocycles. The highest BCUT2D eigenvalue weighted by Crippen LogP contribution is 2.19. The molecule has 0 aliphatic carbocycles. The van der Waals surface area contributed by atoms with Crippen LogP contribution in [-0.2, 0) is 16.0 Å². The summed E-state index contributed by atoms with van der Waals surface area (Å²) in [5.74, 6) is 0.216. The number of hydrogen-bond donors (Lipinski definition) is 2. The van der Waals surface area contributed by atoms with Crippen molar-refractivity contribution in [3.63, 3.8) is 0 Å². The van der Waals surface area contributed by atoms with Crippen LogP contribution in [0.2, 0.25) is 0 Å². The third-order valence-electron chi connectivity index (χ3n) is 4.10. The predicted octanol–water partition coefficient (Wildman–Crippen LogP) is 0.931. The van der Waals surface area contributed by atoms with Gasteiger partial charge in [-0.15, -0.1) is 0 Å². The van der Waals surface area contributed by atoms with Crippen molar-refractivity contribution in [1.82, 2.24) is 10.2 Å². The number of nitrogens with two attached hydrogens (primary N) is 1. The highest BCUT2D eigenvalue weighted by molar-refractivity contribution is 5.89. The van der Waals surface area contributed by atoms with Gasteiger partial charge in [-0.2, -0.15) is 0 Å². The summed E-state index contributed by atoms with van der Waals surface area (Å²) in [6.45, 7) is 3.76. The molecule has 2 rings (SSSR count). The zero-order chi connectivity index (χ0) is 15.9. The lowest BCUT2D eigenvalue weighted by Gasteiger charge is -2.24. The molecule has 1 aliphatic heterocycles. The van der Waals surface area contributed by atoms with Gasteiger partial charge in [0.25, 0.3) is 0 Å². The summed E-state index contributed by atoms with van der Waals surface area (Å²) in [6.07, 6.45) is 1.97. The standard InChI is InChI=1S/C17H25N3O2/c1-13(11-18)12-19-17(22)15-8-5-9-20(15)16(21)10-14-6-3-2-4-7-14/h2-4,6-7,13,15H,5,8-12,18H2,1H3,(H,19,22). The molecule has 1 aliphatic rings. The van der Waals surface area contributed by atoms with Crippen LogP contribution >= 0.6 is 0 Å². The molecular weight excluding hydrogens is 278 g/mol. The van der Waals surface area contributed by atoms with E-state index >= 15 is 0 Å². The molecule has 0 saturated carbocycles. The van der Waals surface area contributed by atoms with Crippen LogP contribution in [-0.4, -0.2) is 42.4 Å². The summed E-state index contributed by atoms with van der Waals surface area (Å²) < 4.78 is 0. The lowest BCUT2D eigenvalue weighted by atomic mass is 10.1. The highest BCUT2D eigenvalue weighted by Gasteiger charge is 2.33. The number of likely N-dealkylation sites (tertiary alicyclic amines) is 1. The van der Waals surface area contributed by atoms with E-state index in [1.165, 1.54) is 0 Å². The minimum Gasteiger partial charge on any atom is -0.354 e. The van der Waals surface area contributed by atoms with Gasteiger partial charge in [0.2, 0.25) is 11.8 Å². The second kappa shape index (κ2) is 7.94. The van der Waals surface area contributed by atoms with Crippen LogP contribution in [0.1, 0.15) is 25.3 Å². The minimum absolute atomic E-state index is 0.0238. The van der Waals surface area contributed by atoms with E-state index in [1.54, 1.807) is 4.90 Å². The van der Waals surface area contributed by atoms with E-state index in [2.05, 4.69) is 5.32 Å². The summed E-state index contributed by atoms with van der Waals surface area (Å²) in [5.41, 5.74) is 6.54. The molecule has 5 heteroatoms. The van der Waals surface area contributed by atoms with Crippen LogP contribution in [0.3, 0.4) is 0 Å². The fourth-order valence-electron chi connectivity index (χ4n) is 2.69. The number of hydrogen-bond acceptors (Lipinski definition) is 3. The van der Waals surface area contributed by atoms with Crippen molar-refractivity contribution in [1.29, 1.82) is 0 Å². The van der Waals surface area contributed by atoms with Crippen molar-refractivity contribution in [3.8, 4) is 0 Å². The Kier molecular flexibility index (Phi) is 5.95. The third kappa shape index (κ3) is 4.31. The van der Waals surface area contributed by atoms with Gasteiger partial charge in [-0.3, -0.25) is 9.59 Å². The Balaban J connectivity index is 1.92. The molecule has 0 spiro atoms. The zero-order valence-electron chi connectivity index (χ0n) is 13.1. The Bertz CT molecular complexity index is 504. The van der Waals surface area contributed by atoms with E-state index in [-0.39, 0.29) is 23.8 Å². The van der Waals surface area contributed by atoms with Gasteiger partial charge in [0, 0.05) is 13.1 Å². The topological polar surface area (TPSA) is 75.4 Å². The van der Waals surface area contributed by atoms with Crippen LogP contribution < -0.4 is 11.1 Å². The van der Waals surface area contributed by atoms with Crippen molar-refractivity contribution >= 4 is 11.8 Å². The number of rotatable bonds is 6. The number of carbonyl (C=O) groups excluding carboxylic acids is 2. The summed E-state index contributed by atoms with van der Waals surface area (Å²) >= 11 is 0. The molecule has 2 unspecified atom stereocenters. The smallest absolute Gasteiger partial charge is 0.242 e.